The summed E-state index contributed by atoms with van der Waals surface area (Å²) in [5.74, 6) is -0.0955. The molecule has 1 aromatic rings. The monoisotopic (exact) mass is 288 g/mol. The van der Waals surface area contributed by atoms with Crippen LogP contribution in [-0.2, 0) is 16.0 Å². The van der Waals surface area contributed by atoms with Crippen LogP contribution in [0.25, 0.3) is 0 Å². The van der Waals surface area contributed by atoms with Crippen molar-refractivity contribution in [2.75, 3.05) is 11.4 Å². The fourth-order valence-corrected chi connectivity index (χ4v) is 2.66. The van der Waals surface area contributed by atoms with Crippen LogP contribution in [0.5, 0.6) is 0 Å². The van der Waals surface area contributed by atoms with E-state index in [1.165, 1.54) is 0 Å². The maximum absolute atomic E-state index is 12.4. The predicted octanol–water partition coefficient (Wildman–Crippen LogP) is 0.349. The number of urea groups is 1. The van der Waals surface area contributed by atoms with Crippen LogP contribution in [-0.4, -0.2) is 35.4 Å². The van der Waals surface area contributed by atoms with Crippen molar-refractivity contribution in [3.63, 3.8) is 0 Å². The highest BCUT2D eigenvalue weighted by Crippen LogP contribution is 2.24. The van der Waals surface area contributed by atoms with Gasteiger partial charge in [0, 0.05) is 19.2 Å². The fraction of sp³-hybridized carbons (Fsp3) is 0.429. The Morgan fingerprint density at radius 3 is 3.05 bits per heavy atom. The van der Waals surface area contributed by atoms with Crippen LogP contribution in [0, 0.1) is 0 Å². The van der Waals surface area contributed by atoms with E-state index in [2.05, 4.69) is 15.6 Å². The van der Waals surface area contributed by atoms with E-state index in [-0.39, 0.29) is 18.4 Å². The van der Waals surface area contributed by atoms with E-state index >= 15 is 0 Å². The highest BCUT2D eigenvalue weighted by molar-refractivity contribution is 6.03. The van der Waals surface area contributed by atoms with Crippen LogP contribution < -0.4 is 15.5 Å². The van der Waals surface area contributed by atoms with Crippen LogP contribution >= 0.6 is 0 Å². The highest BCUT2D eigenvalue weighted by Gasteiger charge is 2.31. The molecule has 0 bridgehead atoms. The Morgan fingerprint density at radius 1 is 1.38 bits per heavy atom. The summed E-state index contributed by atoms with van der Waals surface area (Å²) < 4.78 is 0. The maximum atomic E-state index is 12.4. The number of nitrogens with zero attached hydrogens (tertiary/aromatic N) is 2. The Kier molecular flexibility index (Phi) is 3.55. The second-order valence-electron chi connectivity index (χ2n) is 5.19. The number of piperidine rings is 1. The number of nitrogens with one attached hydrogen (secondary N) is 2. The molecular weight excluding hydrogens is 272 g/mol. The molecule has 21 heavy (non-hydrogen) atoms. The van der Waals surface area contributed by atoms with Gasteiger partial charge in [-0.3, -0.25) is 19.8 Å². The number of hydrogen-bond donors (Lipinski definition) is 2. The second kappa shape index (κ2) is 5.51. The van der Waals surface area contributed by atoms with Crippen molar-refractivity contribution in [1.29, 1.82) is 0 Å². The first-order valence-corrected chi connectivity index (χ1v) is 7.01. The second-order valence-corrected chi connectivity index (χ2v) is 5.19. The molecule has 1 fully saturated rings. The van der Waals surface area contributed by atoms with Crippen molar-refractivity contribution in [2.45, 2.75) is 31.7 Å². The number of aromatic nitrogens is 1. The van der Waals surface area contributed by atoms with Gasteiger partial charge in [0.05, 0.1) is 0 Å². The Balaban J connectivity index is 1.72. The smallest absolute Gasteiger partial charge is 0.323 e. The van der Waals surface area contributed by atoms with Crippen molar-refractivity contribution >= 4 is 23.7 Å². The van der Waals surface area contributed by atoms with E-state index in [9.17, 15) is 14.4 Å². The van der Waals surface area contributed by atoms with E-state index in [1.807, 2.05) is 12.1 Å². The predicted molar refractivity (Wildman–Crippen MR) is 74.6 cm³/mol. The Morgan fingerprint density at radius 2 is 2.24 bits per heavy atom. The average molecular weight is 288 g/mol. The van der Waals surface area contributed by atoms with Gasteiger partial charge in [-0.15, -0.1) is 0 Å². The normalized spacial score (nSPS) is 21.5. The topological polar surface area (TPSA) is 91.4 Å². The Labute approximate surface area is 121 Å². The number of anilines is 1. The molecule has 3 rings (SSSR count). The minimum atomic E-state index is -0.663. The highest BCUT2D eigenvalue weighted by atomic mass is 16.2. The van der Waals surface area contributed by atoms with E-state index in [4.69, 9.17) is 0 Å². The van der Waals surface area contributed by atoms with Crippen molar-refractivity contribution in [3.8, 4) is 0 Å². The van der Waals surface area contributed by atoms with Crippen LogP contribution in [0.15, 0.2) is 18.3 Å². The van der Waals surface area contributed by atoms with Gasteiger partial charge in [0.25, 0.3) is 0 Å². The third-order valence-corrected chi connectivity index (χ3v) is 3.73. The number of carbonyl (C=O) groups excluding carboxylic acids is 3. The quantitative estimate of drug-likeness (QED) is 0.729. The summed E-state index contributed by atoms with van der Waals surface area (Å²) in [5, 5.41) is 4.91. The van der Waals surface area contributed by atoms with E-state index in [1.54, 1.807) is 11.1 Å². The number of amides is 4. The Bertz CT molecular complexity index is 602. The lowest BCUT2D eigenvalue weighted by Gasteiger charge is -2.30. The molecule has 4 amide bonds. The molecule has 1 atom stereocenters. The van der Waals surface area contributed by atoms with E-state index in [0.29, 0.717) is 18.8 Å². The summed E-state index contributed by atoms with van der Waals surface area (Å²) in [4.78, 5) is 41.0. The lowest BCUT2D eigenvalue weighted by atomic mass is 10.1. The molecule has 2 aliphatic rings. The van der Waals surface area contributed by atoms with Crippen LogP contribution in [0.4, 0.5) is 10.6 Å². The number of fused-ring (bicyclic) bond motifs is 1. The minimum absolute atomic E-state index is 0.242. The maximum Gasteiger partial charge on any atom is 0.323 e. The number of rotatable bonds is 1. The van der Waals surface area contributed by atoms with Gasteiger partial charge in [-0.1, -0.05) is 6.07 Å². The van der Waals surface area contributed by atoms with Crippen LogP contribution in [0.3, 0.4) is 0 Å². The van der Waals surface area contributed by atoms with Crippen molar-refractivity contribution in [3.05, 3.63) is 23.9 Å². The zero-order valence-corrected chi connectivity index (χ0v) is 11.5. The number of hydrogen-bond acceptors (Lipinski definition) is 4. The molecule has 3 heterocycles. The SMILES string of the molecule is O=C1CC[C@@H](NC(=O)N2CCCc3cccnc32)C(=O)N1. The third-order valence-electron chi connectivity index (χ3n) is 3.73. The lowest BCUT2D eigenvalue weighted by molar-refractivity contribution is -0.134. The molecule has 0 aromatic carbocycles. The minimum Gasteiger partial charge on any atom is -0.326 e. The molecule has 0 aliphatic carbocycles. The van der Waals surface area contributed by atoms with Crippen molar-refractivity contribution in [2.24, 2.45) is 0 Å². The van der Waals surface area contributed by atoms with Gasteiger partial charge in [-0.25, -0.2) is 9.78 Å². The van der Waals surface area contributed by atoms with E-state index in [0.717, 1.165) is 18.4 Å². The first-order chi connectivity index (χ1) is 10.1. The van der Waals surface area contributed by atoms with Gasteiger partial charge in [-0.2, -0.15) is 0 Å². The molecule has 1 aromatic heterocycles. The fourth-order valence-electron chi connectivity index (χ4n) is 2.66. The molecule has 7 heteroatoms. The summed E-state index contributed by atoms with van der Waals surface area (Å²) in [6.45, 7) is 0.573. The molecule has 2 aliphatic heterocycles. The van der Waals surface area contributed by atoms with E-state index < -0.39 is 11.9 Å². The summed E-state index contributed by atoms with van der Waals surface area (Å²) >= 11 is 0. The number of pyridine rings is 1. The molecule has 0 unspecified atom stereocenters. The van der Waals surface area contributed by atoms with Gasteiger partial charge < -0.3 is 5.32 Å². The summed E-state index contributed by atoms with van der Waals surface area (Å²) in [6, 6.07) is 2.79. The largest absolute Gasteiger partial charge is 0.326 e. The molecule has 0 saturated carbocycles. The van der Waals surface area contributed by atoms with Crippen molar-refractivity contribution < 1.29 is 14.4 Å². The number of imide groups is 1. The van der Waals surface area contributed by atoms with Crippen LogP contribution in [0.2, 0.25) is 0 Å². The zero-order chi connectivity index (χ0) is 14.8. The molecule has 0 radical (unpaired) electrons. The van der Waals surface area contributed by atoms with Gasteiger partial charge in [-0.05, 0) is 30.9 Å². The van der Waals surface area contributed by atoms with Gasteiger partial charge in [0.2, 0.25) is 11.8 Å². The molecular formula is C14H16N4O3. The van der Waals surface area contributed by atoms with Gasteiger partial charge >= 0.3 is 6.03 Å². The standard InChI is InChI=1S/C14H16N4O3/c19-11-6-5-10(13(20)17-11)16-14(21)18-8-2-4-9-3-1-7-15-12(9)18/h1,3,7,10H,2,4-6,8H2,(H,16,21)(H,17,19,20)/t10-/m1/s1. The lowest BCUT2D eigenvalue weighted by Crippen LogP contribution is -2.55. The third kappa shape index (κ3) is 2.72. The van der Waals surface area contributed by atoms with Gasteiger partial charge in [0.1, 0.15) is 11.9 Å². The number of carbonyl (C=O) groups is 3. The van der Waals surface area contributed by atoms with Crippen LogP contribution in [0.1, 0.15) is 24.8 Å². The van der Waals surface area contributed by atoms with Crippen molar-refractivity contribution in [1.82, 2.24) is 15.6 Å². The summed E-state index contributed by atoms with van der Waals surface area (Å²) in [5.41, 5.74) is 1.03. The average Bonchev–Trinajstić information content (AvgIpc) is 2.49. The van der Waals surface area contributed by atoms with Gasteiger partial charge in [0.15, 0.2) is 0 Å². The first kappa shape index (κ1) is 13.5. The summed E-state index contributed by atoms with van der Waals surface area (Å²) in [7, 11) is 0. The summed E-state index contributed by atoms with van der Waals surface area (Å²) in [6.07, 6.45) is 3.98. The Hall–Kier alpha value is -2.44. The molecule has 7 nitrogen and oxygen atoms in total. The first-order valence-electron chi connectivity index (χ1n) is 7.01. The molecule has 2 N–H and O–H groups in total. The molecule has 110 valence electrons. The number of aryl methyl sites for hydroxylation is 1. The molecule has 1 saturated heterocycles. The molecule has 0 spiro atoms. The zero-order valence-electron chi connectivity index (χ0n) is 11.5.